The van der Waals surface area contributed by atoms with Crippen LogP contribution in [0.3, 0.4) is 0 Å². The quantitative estimate of drug-likeness (QED) is 0.320. The van der Waals surface area contributed by atoms with Crippen LogP contribution in [0.4, 0.5) is 5.69 Å². The van der Waals surface area contributed by atoms with Gasteiger partial charge in [0.1, 0.15) is 11.8 Å². The molecule has 8 nitrogen and oxygen atoms in total. The van der Waals surface area contributed by atoms with Crippen LogP contribution in [-0.4, -0.2) is 56.1 Å². The summed E-state index contributed by atoms with van der Waals surface area (Å²) in [6, 6.07) is 11.2. The molecule has 0 heterocycles. The predicted octanol–water partition coefficient (Wildman–Crippen LogP) is 5.66. The lowest BCUT2D eigenvalue weighted by atomic mass is 10.0. The standard InChI is InChI=1S/C28H39Cl2N3O5S/c1-7-23(27(35)31-28(3,4)5)32(19-20-15-16-21(29)18-22(20)30)26(34)14-11-17-33(39(6,36)37)24-12-9-10-13-25(24)38-8-2/h9-10,12-13,15-16,18,23H,7-8,11,14,17,19H2,1-6H3,(H,31,35)/t23-/m1/s1. The van der Waals surface area contributed by atoms with Gasteiger partial charge in [-0.15, -0.1) is 0 Å². The van der Waals surface area contributed by atoms with Crippen molar-refractivity contribution in [2.75, 3.05) is 23.7 Å². The van der Waals surface area contributed by atoms with Crippen LogP contribution in [0.15, 0.2) is 42.5 Å². The molecule has 0 aromatic heterocycles. The fraction of sp³-hybridized carbons (Fsp3) is 0.500. The minimum Gasteiger partial charge on any atom is -0.492 e. The first-order chi connectivity index (χ1) is 18.2. The molecule has 11 heteroatoms. The van der Waals surface area contributed by atoms with E-state index in [0.717, 1.165) is 6.26 Å². The lowest BCUT2D eigenvalue weighted by Crippen LogP contribution is -2.53. The van der Waals surface area contributed by atoms with E-state index >= 15 is 0 Å². The Morgan fingerprint density at radius 1 is 1.08 bits per heavy atom. The summed E-state index contributed by atoms with van der Waals surface area (Å²) in [6.07, 6.45) is 1.76. The molecule has 1 atom stereocenters. The van der Waals surface area contributed by atoms with E-state index in [-0.39, 0.29) is 37.7 Å². The van der Waals surface area contributed by atoms with E-state index < -0.39 is 21.6 Å². The van der Waals surface area contributed by atoms with Gasteiger partial charge >= 0.3 is 0 Å². The maximum atomic E-state index is 13.6. The van der Waals surface area contributed by atoms with Gasteiger partial charge in [0.15, 0.2) is 0 Å². The van der Waals surface area contributed by atoms with Gasteiger partial charge in [-0.2, -0.15) is 0 Å². The molecule has 0 radical (unpaired) electrons. The van der Waals surface area contributed by atoms with E-state index in [0.29, 0.717) is 40.1 Å². The molecule has 0 spiro atoms. The minimum atomic E-state index is -3.66. The van der Waals surface area contributed by atoms with Crippen LogP contribution in [0.5, 0.6) is 5.75 Å². The van der Waals surface area contributed by atoms with Crippen molar-refractivity contribution in [3.05, 3.63) is 58.1 Å². The number of carbonyl (C=O) groups excluding carboxylic acids is 2. The molecule has 2 amide bonds. The highest BCUT2D eigenvalue weighted by molar-refractivity contribution is 7.92. The molecular formula is C28H39Cl2N3O5S. The number of benzene rings is 2. The molecule has 1 N–H and O–H groups in total. The average Bonchev–Trinajstić information content (AvgIpc) is 2.82. The van der Waals surface area contributed by atoms with Gasteiger partial charge in [0, 0.05) is 35.1 Å². The van der Waals surface area contributed by atoms with E-state index in [1.54, 1.807) is 42.5 Å². The van der Waals surface area contributed by atoms with Crippen molar-refractivity contribution in [3.63, 3.8) is 0 Å². The zero-order chi connectivity index (χ0) is 29.4. The molecule has 2 aromatic rings. The van der Waals surface area contributed by atoms with Crippen LogP contribution in [0.2, 0.25) is 10.0 Å². The lowest BCUT2D eigenvalue weighted by Gasteiger charge is -2.33. The van der Waals surface area contributed by atoms with Crippen LogP contribution in [0.25, 0.3) is 0 Å². The Labute approximate surface area is 242 Å². The van der Waals surface area contributed by atoms with Gasteiger partial charge in [0.2, 0.25) is 21.8 Å². The van der Waals surface area contributed by atoms with Crippen molar-refractivity contribution < 1.29 is 22.7 Å². The van der Waals surface area contributed by atoms with Crippen LogP contribution in [0.1, 0.15) is 59.4 Å². The Morgan fingerprint density at radius 2 is 1.74 bits per heavy atom. The van der Waals surface area contributed by atoms with Gasteiger partial charge in [-0.3, -0.25) is 13.9 Å². The summed E-state index contributed by atoms with van der Waals surface area (Å²) in [5, 5.41) is 3.82. The predicted molar refractivity (Wildman–Crippen MR) is 158 cm³/mol. The Bertz CT molecular complexity index is 1250. The molecule has 2 aromatic carbocycles. The van der Waals surface area contributed by atoms with E-state index in [1.165, 1.54) is 9.21 Å². The second kappa shape index (κ2) is 14.2. The molecule has 216 valence electrons. The molecule has 0 aliphatic carbocycles. The molecule has 0 saturated carbocycles. The third-order valence-corrected chi connectivity index (χ3v) is 7.59. The summed E-state index contributed by atoms with van der Waals surface area (Å²) in [6.45, 7) is 9.83. The number of halogens is 2. The maximum Gasteiger partial charge on any atom is 0.243 e. The Hall–Kier alpha value is -2.49. The summed E-state index contributed by atoms with van der Waals surface area (Å²) in [5.74, 6) is -0.115. The first-order valence-electron chi connectivity index (χ1n) is 12.9. The normalized spacial score (nSPS) is 12.5. The molecule has 0 unspecified atom stereocenters. The number of anilines is 1. The summed E-state index contributed by atoms with van der Waals surface area (Å²) >= 11 is 12.5. The van der Waals surface area contributed by atoms with Gasteiger partial charge in [0.25, 0.3) is 0 Å². The van der Waals surface area contributed by atoms with Crippen molar-refractivity contribution in [1.82, 2.24) is 10.2 Å². The number of amides is 2. The Kier molecular flexibility index (Phi) is 11.9. The SMILES string of the molecule is CCOc1ccccc1N(CCCC(=O)N(Cc1ccc(Cl)cc1Cl)[C@H](CC)C(=O)NC(C)(C)C)S(C)(=O)=O. The maximum absolute atomic E-state index is 13.6. The molecule has 0 bridgehead atoms. The highest BCUT2D eigenvalue weighted by Gasteiger charge is 2.31. The summed E-state index contributed by atoms with van der Waals surface area (Å²) in [7, 11) is -3.66. The van der Waals surface area contributed by atoms with Crippen LogP contribution in [0, 0.1) is 0 Å². The highest BCUT2D eigenvalue weighted by atomic mass is 35.5. The first kappa shape index (κ1) is 32.7. The number of sulfonamides is 1. The van der Waals surface area contributed by atoms with Crippen molar-refractivity contribution in [2.24, 2.45) is 0 Å². The zero-order valence-electron chi connectivity index (χ0n) is 23.5. The van der Waals surface area contributed by atoms with Crippen molar-refractivity contribution in [1.29, 1.82) is 0 Å². The number of rotatable bonds is 13. The fourth-order valence-corrected chi connectivity index (χ4v) is 5.57. The van der Waals surface area contributed by atoms with Gasteiger partial charge in [0.05, 0.1) is 18.6 Å². The second-order valence-corrected chi connectivity index (χ2v) is 13.0. The van der Waals surface area contributed by atoms with Crippen LogP contribution in [-0.2, 0) is 26.2 Å². The first-order valence-corrected chi connectivity index (χ1v) is 15.5. The molecule has 39 heavy (non-hydrogen) atoms. The summed E-state index contributed by atoms with van der Waals surface area (Å²) in [5.41, 5.74) is 0.580. The topological polar surface area (TPSA) is 96.0 Å². The number of para-hydroxylation sites is 2. The van der Waals surface area contributed by atoms with Gasteiger partial charge in [-0.05, 0) is 70.4 Å². The minimum absolute atomic E-state index is 0.0212. The molecule has 2 rings (SSSR count). The molecule has 0 aliphatic heterocycles. The van der Waals surface area contributed by atoms with Crippen LogP contribution >= 0.6 is 23.2 Å². The molecule has 0 aliphatic rings. The number of nitrogens with one attached hydrogen (secondary N) is 1. The fourth-order valence-electron chi connectivity index (χ4n) is 4.13. The number of hydrogen-bond acceptors (Lipinski definition) is 5. The lowest BCUT2D eigenvalue weighted by molar-refractivity contribution is -0.142. The highest BCUT2D eigenvalue weighted by Crippen LogP contribution is 2.30. The van der Waals surface area contributed by atoms with Crippen molar-refractivity contribution in [2.45, 2.75) is 72.0 Å². The van der Waals surface area contributed by atoms with Gasteiger partial charge in [-0.1, -0.05) is 48.3 Å². The monoisotopic (exact) mass is 599 g/mol. The summed E-state index contributed by atoms with van der Waals surface area (Å²) in [4.78, 5) is 28.3. The van der Waals surface area contributed by atoms with Crippen LogP contribution < -0.4 is 14.4 Å². The molecular weight excluding hydrogens is 561 g/mol. The number of carbonyl (C=O) groups is 2. The molecule has 0 fully saturated rings. The summed E-state index contributed by atoms with van der Waals surface area (Å²) < 4.78 is 32.2. The van der Waals surface area contributed by atoms with Gasteiger partial charge in [-0.25, -0.2) is 8.42 Å². The van der Waals surface area contributed by atoms with E-state index in [4.69, 9.17) is 27.9 Å². The Morgan fingerprint density at radius 3 is 2.31 bits per heavy atom. The van der Waals surface area contributed by atoms with E-state index in [1.807, 2.05) is 34.6 Å². The number of hydrogen-bond donors (Lipinski definition) is 1. The third-order valence-electron chi connectivity index (χ3n) is 5.83. The second-order valence-electron chi connectivity index (χ2n) is 10.3. The van der Waals surface area contributed by atoms with Gasteiger partial charge < -0.3 is 15.0 Å². The van der Waals surface area contributed by atoms with E-state index in [9.17, 15) is 18.0 Å². The zero-order valence-corrected chi connectivity index (χ0v) is 25.8. The molecule has 0 saturated heterocycles. The number of nitrogens with zero attached hydrogens (tertiary/aromatic N) is 2. The average molecular weight is 601 g/mol. The third kappa shape index (κ3) is 9.89. The van der Waals surface area contributed by atoms with Crippen molar-refractivity contribution >= 4 is 50.7 Å². The Balaban J connectivity index is 2.31. The smallest absolute Gasteiger partial charge is 0.243 e. The van der Waals surface area contributed by atoms with E-state index in [2.05, 4.69) is 5.32 Å². The number of ether oxygens (including phenoxy) is 1. The largest absolute Gasteiger partial charge is 0.492 e. The van der Waals surface area contributed by atoms with Crippen molar-refractivity contribution in [3.8, 4) is 5.75 Å².